The van der Waals surface area contributed by atoms with E-state index < -0.39 is 0 Å². The number of para-hydroxylation sites is 4. The molecule has 2 aromatic heterocycles. The van der Waals surface area contributed by atoms with Crippen molar-refractivity contribution in [2.75, 3.05) is 0 Å². The molecule has 0 spiro atoms. The van der Waals surface area contributed by atoms with Crippen LogP contribution in [0.3, 0.4) is 0 Å². The van der Waals surface area contributed by atoms with E-state index in [1.54, 1.807) is 0 Å². The van der Waals surface area contributed by atoms with Gasteiger partial charge in [0.1, 0.15) is 11.6 Å². The standard InChI is InChI=1S/C15H11N4/c1-2-6-11-10(5-1)16-14(17-11)9-15-18-12-7-3-4-8-13(12)19-15/h1-9H,(H,16,17)(H,18,19). The molecule has 4 nitrogen and oxygen atoms in total. The van der Waals surface area contributed by atoms with Crippen LogP contribution < -0.4 is 0 Å². The van der Waals surface area contributed by atoms with Gasteiger partial charge in [-0.15, -0.1) is 0 Å². The van der Waals surface area contributed by atoms with E-state index >= 15 is 0 Å². The molecule has 2 N–H and O–H groups in total. The van der Waals surface area contributed by atoms with Crippen molar-refractivity contribution in [1.82, 2.24) is 19.9 Å². The minimum Gasteiger partial charge on any atom is -0.341 e. The van der Waals surface area contributed by atoms with Gasteiger partial charge in [-0.25, -0.2) is 9.97 Å². The van der Waals surface area contributed by atoms with E-state index in [0.29, 0.717) is 0 Å². The number of fused-ring (bicyclic) bond motifs is 2. The van der Waals surface area contributed by atoms with Gasteiger partial charge < -0.3 is 9.97 Å². The Bertz CT molecular complexity index is 718. The van der Waals surface area contributed by atoms with Crippen molar-refractivity contribution in [3.63, 3.8) is 0 Å². The second-order valence-corrected chi connectivity index (χ2v) is 4.42. The zero-order valence-corrected chi connectivity index (χ0v) is 10.1. The minimum atomic E-state index is 0.806. The van der Waals surface area contributed by atoms with Crippen LogP contribution in [-0.2, 0) is 0 Å². The number of nitrogens with one attached hydrogen (secondary N) is 2. The van der Waals surface area contributed by atoms with Crippen molar-refractivity contribution in [2.24, 2.45) is 0 Å². The van der Waals surface area contributed by atoms with Crippen molar-refractivity contribution in [3.05, 3.63) is 66.6 Å². The molecule has 0 aliphatic carbocycles. The van der Waals surface area contributed by atoms with Gasteiger partial charge in [0.05, 0.1) is 28.5 Å². The number of hydrogen-bond acceptors (Lipinski definition) is 2. The summed E-state index contributed by atoms with van der Waals surface area (Å²) in [5.74, 6) is 1.61. The molecule has 19 heavy (non-hydrogen) atoms. The van der Waals surface area contributed by atoms with Crippen LogP contribution in [0.5, 0.6) is 0 Å². The molecule has 4 aromatic rings. The Kier molecular flexibility index (Phi) is 2.14. The maximum atomic E-state index is 4.51. The maximum absolute atomic E-state index is 4.51. The first kappa shape index (κ1) is 10.3. The van der Waals surface area contributed by atoms with Crippen LogP contribution in [0, 0.1) is 6.42 Å². The Balaban J connectivity index is 1.73. The number of benzene rings is 2. The van der Waals surface area contributed by atoms with Crippen LogP contribution in [0.25, 0.3) is 22.1 Å². The van der Waals surface area contributed by atoms with Crippen molar-refractivity contribution in [1.29, 1.82) is 0 Å². The van der Waals surface area contributed by atoms with E-state index in [1.807, 2.05) is 55.0 Å². The molecule has 91 valence electrons. The third-order valence-electron chi connectivity index (χ3n) is 3.09. The average molecular weight is 247 g/mol. The highest BCUT2D eigenvalue weighted by atomic mass is 15.0. The SMILES string of the molecule is [CH](c1nc2ccccc2[nH]1)c1nc2ccccc2[nH]1. The van der Waals surface area contributed by atoms with E-state index in [0.717, 1.165) is 33.7 Å². The van der Waals surface area contributed by atoms with E-state index in [9.17, 15) is 0 Å². The predicted octanol–water partition coefficient (Wildman–Crippen LogP) is 3.04. The lowest BCUT2D eigenvalue weighted by Gasteiger charge is -1.89. The minimum absolute atomic E-state index is 0.806. The molecule has 0 atom stereocenters. The molecule has 2 heterocycles. The number of H-pyrrole nitrogens is 2. The molecule has 4 heteroatoms. The van der Waals surface area contributed by atoms with Crippen LogP contribution in [0.4, 0.5) is 0 Å². The highest BCUT2D eigenvalue weighted by Crippen LogP contribution is 2.16. The van der Waals surface area contributed by atoms with Crippen molar-refractivity contribution in [2.45, 2.75) is 0 Å². The summed E-state index contributed by atoms with van der Waals surface area (Å²) in [4.78, 5) is 15.5. The summed E-state index contributed by atoms with van der Waals surface area (Å²) >= 11 is 0. The molecule has 2 aromatic carbocycles. The van der Waals surface area contributed by atoms with Gasteiger partial charge in [-0.1, -0.05) is 24.3 Å². The first-order valence-electron chi connectivity index (χ1n) is 6.13. The van der Waals surface area contributed by atoms with E-state index in [1.165, 1.54) is 0 Å². The first-order valence-corrected chi connectivity index (χ1v) is 6.13. The van der Waals surface area contributed by atoms with Gasteiger partial charge >= 0.3 is 0 Å². The predicted molar refractivity (Wildman–Crippen MR) is 74.7 cm³/mol. The fourth-order valence-electron chi connectivity index (χ4n) is 2.21. The highest BCUT2D eigenvalue weighted by molar-refractivity contribution is 5.76. The topological polar surface area (TPSA) is 57.4 Å². The number of hydrogen-bond donors (Lipinski definition) is 2. The second-order valence-electron chi connectivity index (χ2n) is 4.42. The van der Waals surface area contributed by atoms with Crippen LogP contribution >= 0.6 is 0 Å². The van der Waals surface area contributed by atoms with Gasteiger partial charge in [0, 0.05) is 0 Å². The average Bonchev–Trinajstić information content (AvgIpc) is 3.00. The van der Waals surface area contributed by atoms with E-state index in [4.69, 9.17) is 0 Å². The zero-order valence-electron chi connectivity index (χ0n) is 10.1. The van der Waals surface area contributed by atoms with Gasteiger partial charge in [0.2, 0.25) is 0 Å². The third-order valence-corrected chi connectivity index (χ3v) is 3.09. The summed E-state index contributed by atoms with van der Waals surface area (Å²) in [6, 6.07) is 15.9. The summed E-state index contributed by atoms with van der Waals surface area (Å²) in [5.41, 5.74) is 3.99. The molecule has 0 unspecified atom stereocenters. The molecule has 0 saturated heterocycles. The Morgan fingerprint density at radius 1 is 0.684 bits per heavy atom. The van der Waals surface area contributed by atoms with Gasteiger partial charge in [-0.3, -0.25) is 0 Å². The Morgan fingerprint density at radius 3 is 1.63 bits per heavy atom. The van der Waals surface area contributed by atoms with E-state index in [-0.39, 0.29) is 0 Å². The van der Waals surface area contributed by atoms with Gasteiger partial charge in [0.25, 0.3) is 0 Å². The molecule has 0 amide bonds. The number of nitrogens with zero attached hydrogens (tertiary/aromatic N) is 2. The molecule has 0 aliphatic heterocycles. The van der Waals surface area contributed by atoms with Gasteiger partial charge in [-0.05, 0) is 24.3 Å². The summed E-state index contributed by atoms with van der Waals surface area (Å²) in [6.45, 7) is 0. The maximum Gasteiger partial charge on any atom is 0.119 e. The largest absolute Gasteiger partial charge is 0.341 e. The molecular weight excluding hydrogens is 236 g/mol. The molecule has 4 rings (SSSR count). The lowest BCUT2D eigenvalue weighted by molar-refractivity contribution is 1.11. The van der Waals surface area contributed by atoms with Gasteiger partial charge in [0.15, 0.2) is 0 Å². The Labute approximate surface area is 109 Å². The third kappa shape index (κ3) is 1.78. The smallest absolute Gasteiger partial charge is 0.119 e. The fourth-order valence-corrected chi connectivity index (χ4v) is 2.21. The summed E-state index contributed by atoms with van der Waals surface area (Å²) in [7, 11) is 0. The number of rotatable bonds is 2. The Morgan fingerprint density at radius 2 is 1.16 bits per heavy atom. The van der Waals surface area contributed by atoms with Crippen molar-refractivity contribution >= 4 is 22.1 Å². The fraction of sp³-hybridized carbons (Fsp3) is 0. The van der Waals surface area contributed by atoms with Crippen LogP contribution in [0.1, 0.15) is 11.6 Å². The number of imidazole rings is 2. The van der Waals surface area contributed by atoms with Crippen molar-refractivity contribution in [3.8, 4) is 0 Å². The zero-order chi connectivity index (χ0) is 12.7. The van der Waals surface area contributed by atoms with Crippen LogP contribution in [-0.4, -0.2) is 19.9 Å². The Hall–Kier alpha value is -2.62. The summed E-state index contributed by atoms with van der Waals surface area (Å²) in [6.07, 6.45) is 1.92. The van der Waals surface area contributed by atoms with Gasteiger partial charge in [-0.2, -0.15) is 0 Å². The second kappa shape index (κ2) is 3.95. The molecule has 0 bridgehead atoms. The number of aromatic amines is 2. The lowest BCUT2D eigenvalue weighted by Crippen LogP contribution is -1.89. The first-order chi connectivity index (χ1) is 9.38. The van der Waals surface area contributed by atoms with E-state index in [2.05, 4.69) is 19.9 Å². The lowest BCUT2D eigenvalue weighted by atomic mass is 10.3. The molecule has 0 aliphatic rings. The normalized spacial score (nSPS) is 11.4. The highest BCUT2D eigenvalue weighted by Gasteiger charge is 2.07. The molecule has 0 fully saturated rings. The molecule has 0 saturated carbocycles. The summed E-state index contributed by atoms with van der Waals surface area (Å²) < 4.78 is 0. The quantitative estimate of drug-likeness (QED) is 0.572. The molecule has 1 radical (unpaired) electrons. The van der Waals surface area contributed by atoms with Crippen LogP contribution in [0.15, 0.2) is 48.5 Å². The summed E-state index contributed by atoms with van der Waals surface area (Å²) in [5, 5.41) is 0. The monoisotopic (exact) mass is 247 g/mol. The molecular formula is C15H11N4. The van der Waals surface area contributed by atoms with Crippen LogP contribution in [0.2, 0.25) is 0 Å². The number of aromatic nitrogens is 4. The van der Waals surface area contributed by atoms with Crippen molar-refractivity contribution < 1.29 is 0 Å².